The topological polar surface area (TPSA) is 44.5 Å². The molecule has 0 radical (unpaired) electrons. The summed E-state index contributed by atoms with van der Waals surface area (Å²) in [6.45, 7) is 2.77. The molecule has 3 fully saturated rings. The van der Waals surface area contributed by atoms with E-state index < -0.39 is 0 Å². The van der Waals surface area contributed by atoms with Crippen molar-refractivity contribution in [3.8, 4) is 0 Å². The summed E-state index contributed by atoms with van der Waals surface area (Å²) >= 11 is 0. The molecule has 0 aromatic carbocycles. The van der Waals surface area contributed by atoms with Gasteiger partial charge in [0.05, 0.1) is 6.10 Å². The SMILES string of the molecule is NC1CC(OCC2CCOCC2)C12CCCC2. The second kappa shape index (κ2) is 4.87. The highest BCUT2D eigenvalue weighted by Gasteiger charge is 2.55. The van der Waals surface area contributed by atoms with Gasteiger partial charge in [0.15, 0.2) is 0 Å². The van der Waals surface area contributed by atoms with Gasteiger partial charge in [0, 0.05) is 31.3 Å². The molecule has 3 nitrogen and oxygen atoms in total. The van der Waals surface area contributed by atoms with E-state index in [4.69, 9.17) is 15.2 Å². The van der Waals surface area contributed by atoms with E-state index in [1.165, 1.54) is 38.5 Å². The summed E-state index contributed by atoms with van der Waals surface area (Å²) in [7, 11) is 0. The Morgan fingerprint density at radius 2 is 1.88 bits per heavy atom. The van der Waals surface area contributed by atoms with Crippen LogP contribution in [0.25, 0.3) is 0 Å². The number of ether oxygens (including phenoxy) is 2. The molecule has 2 unspecified atom stereocenters. The normalized spacial score (nSPS) is 37.2. The Kier molecular flexibility index (Phi) is 3.42. The van der Waals surface area contributed by atoms with E-state index in [9.17, 15) is 0 Å². The van der Waals surface area contributed by atoms with Crippen LogP contribution < -0.4 is 5.73 Å². The molecule has 1 spiro atoms. The molecule has 3 aliphatic rings. The highest BCUT2D eigenvalue weighted by molar-refractivity contribution is 5.08. The molecule has 3 heteroatoms. The summed E-state index contributed by atoms with van der Waals surface area (Å²) in [6, 6.07) is 0.407. The maximum atomic E-state index is 6.22. The van der Waals surface area contributed by atoms with Gasteiger partial charge < -0.3 is 15.2 Å². The van der Waals surface area contributed by atoms with Crippen LogP contribution >= 0.6 is 0 Å². The van der Waals surface area contributed by atoms with Gasteiger partial charge in [0.2, 0.25) is 0 Å². The largest absolute Gasteiger partial charge is 0.381 e. The first-order valence-corrected chi connectivity index (χ1v) is 7.26. The van der Waals surface area contributed by atoms with E-state index in [1.54, 1.807) is 0 Å². The molecule has 2 saturated carbocycles. The molecule has 1 saturated heterocycles. The van der Waals surface area contributed by atoms with Gasteiger partial charge in [0.1, 0.15) is 0 Å². The van der Waals surface area contributed by atoms with Crippen molar-refractivity contribution in [3.05, 3.63) is 0 Å². The van der Waals surface area contributed by atoms with Crippen LogP contribution in [0.2, 0.25) is 0 Å². The fourth-order valence-electron chi connectivity index (χ4n) is 3.90. The summed E-state index contributed by atoms with van der Waals surface area (Å²) in [4.78, 5) is 0. The van der Waals surface area contributed by atoms with Crippen LogP contribution in [-0.4, -0.2) is 32.0 Å². The van der Waals surface area contributed by atoms with Crippen molar-refractivity contribution in [2.24, 2.45) is 17.1 Å². The third-order valence-corrected chi connectivity index (χ3v) is 5.26. The third kappa shape index (κ3) is 2.13. The quantitative estimate of drug-likeness (QED) is 0.820. The molecule has 0 bridgehead atoms. The lowest BCUT2D eigenvalue weighted by atomic mass is 9.61. The zero-order chi connectivity index (χ0) is 11.7. The Hall–Kier alpha value is -0.120. The monoisotopic (exact) mass is 239 g/mol. The van der Waals surface area contributed by atoms with Crippen LogP contribution in [0.15, 0.2) is 0 Å². The highest BCUT2D eigenvalue weighted by atomic mass is 16.5. The Bertz CT molecular complexity index is 257. The number of hydrogen-bond donors (Lipinski definition) is 1. The molecule has 1 aliphatic heterocycles. The van der Waals surface area contributed by atoms with Crippen molar-refractivity contribution in [3.63, 3.8) is 0 Å². The van der Waals surface area contributed by atoms with Crippen molar-refractivity contribution < 1.29 is 9.47 Å². The molecule has 98 valence electrons. The van der Waals surface area contributed by atoms with Gasteiger partial charge in [-0.05, 0) is 38.0 Å². The van der Waals surface area contributed by atoms with Crippen LogP contribution in [0.1, 0.15) is 44.9 Å². The lowest BCUT2D eigenvalue weighted by Gasteiger charge is -2.52. The minimum Gasteiger partial charge on any atom is -0.381 e. The first kappa shape index (κ1) is 11.9. The van der Waals surface area contributed by atoms with E-state index in [0.717, 1.165) is 32.2 Å². The molecule has 2 atom stereocenters. The summed E-state index contributed by atoms with van der Waals surface area (Å²) in [5.74, 6) is 0.721. The van der Waals surface area contributed by atoms with Crippen LogP contribution in [-0.2, 0) is 9.47 Å². The summed E-state index contributed by atoms with van der Waals surface area (Å²) in [6.07, 6.45) is 9.19. The maximum Gasteiger partial charge on any atom is 0.0661 e. The van der Waals surface area contributed by atoms with Gasteiger partial charge in [-0.3, -0.25) is 0 Å². The number of nitrogens with two attached hydrogens (primary N) is 1. The second-order valence-electron chi connectivity index (χ2n) is 6.16. The minimum absolute atomic E-state index is 0.366. The van der Waals surface area contributed by atoms with Gasteiger partial charge in [-0.1, -0.05) is 12.8 Å². The number of rotatable bonds is 3. The fraction of sp³-hybridized carbons (Fsp3) is 1.00. The smallest absolute Gasteiger partial charge is 0.0661 e. The zero-order valence-electron chi connectivity index (χ0n) is 10.7. The predicted octanol–water partition coefficient (Wildman–Crippen LogP) is 2.09. The lowest BCUT2D eigenvalue weighted by Crippen LogP contribution is -2.61. The molecule has 0 aromatic rings. The molecule has 0 amide bonds. The minimum atomic E-state index is 0.366. The zero-order valence-corrected chi connectivity index (χ0v) is 10.7. The summed E-state index contributed by atoms with van der Waals surface area (Å²) < 4.78 is 11.6. The number of hydrogen-bond acceptors (Lipinski definition) is 3. The molecular formula is C14H25NO2. The average molecular weight is 239 g/mol. The van der Waals surface area contributed by atoms with Gasteiger partial charge >= 0.3 is 0 Å². The van der Waals surface area contributed by atoms with Gasteiger partial charge in [0.25, 0.3) is 0 Å². The summed E-state index contributed by atoms with van der Waals surface area (Å²) in [5, 5.41) is 0. The lowest BCUT2D eigenvalue weighted by molar-refractivity contribution is -0.136. The van der Waals surface area contributed by atoms with Crippen molar-refractivity contribution in [2.75, 3.05) is 19.8 Å². The first-order valence-electron chi connectivity index (χ1n) is 7.26. The first-order chi connectivity index (χ1) is 8.31. The van der Waals surface area contributed by atoms with Crippen molar-refractivity contribution in [2.45, 2.75) is 57.1 Å². The Balaban J connectivity index is 1.49. The summed E-state index contributed by atoms with van der Waals surface area (Å²) in [5.41, 5.74) is 6.58. The van der Waals surface area contributed by atoms with E-state index in [-0.39, 0.29) is 0 Å². The molecular weight excluding hydrogens is 214 g/mol. The molecule has 17 heavy (non-hydrogen) atoms. The van der Waals surface area contributed by atoms with Crippen LogP contribution in [0, 0.1) is 11.3 Å². The molecule has 0 aromatic heterocycles. The van der Waals surface area contributed by atoms with Crippen LogP contribution in [0.3, 0.4) is 0 Å². The fourth-order valence-corrected chi connectivity index (χ4v) is 3.90. The standard InChI is InChI=1S/C14H25NO2/c15-12-9-13(14(12)5-1-2-6-14)17-10-11-3-7-16-8-4-11/h11-13H,1-10,15H2. The van der Waals surface area contributed by atoms with E-state index in [1.807, 2.05) is 0 Å². The molecule has 1 heterocycles. The van der Waals surface area contributed by atoms with Crippen molar-refractivity contribution in [1.82, 2.24) is 0 Å². The van der Waals surface area contributed by atoms with Crippen LogP contribution in [0.4, 0.5) is 0 Å². The highest BCUT2D eigenvalue weighted by Crippen LogP contribution is 2.53. The Morgan fingerprint density at radius 1 is 1.18 bits per heavy atom. The maximum absolute atomic E-state index is 6.22. The van der Waals surface area contributed by atoms with Crippen molar-refractivity contribution in [1.29, 1.82) is 0 Å². The average Bonchev–Trinajstić information content (AvgIpc) is 2.88. The third-order valence-electron chi connectivity index (χ3n) is 5.26. The molecule has 3 rings (SSSR count). The van der Waals surface area contributed by atoms with E-state index in [2.05, 4.69) is 0 Å². The Labute approximate surface area is 104 Å². The van der Waals surface area contributed by atoms with E-state index in [0.29, 0.717) is 17.6 Å². The van der Waals surface area contributed by atoms with Gasteiger partial charge in [-0.2, -0.15) is 0 Å². The van der Waals surface area contributed by atoms with Crippen LogP contribution in [0.5, 0.6) is 0 Å². The molecule has 2 N–H and O–H groups in total. The molecule has 2 aliphatic carbocycles. The van der Waals surface area contributed by atoms with E-state index >= 15 is 0 Å². The predicted molar refractivity (Wildman–Crippen MR) is 66.8 cm³/mol. The Morgan fingerprint density at radius 3 is 2.53 bits per heavy atom. The second-order valence-corrected chi connectivity index (χ2v) is 6.16. The van der Waals surface area contributed by atoms with Crippen molar-refractivity contribution >= 4 is 0 Å². The van der Waals surface area contributed by atoms with Gasteiger partial charge in [-0.15, -0.1) is 0 Å². The van der Waals surface area contributed by atoms with Gasteiger partial charge in [-0.25, -0.2) is 0 Å².